The summed E-state index contributed by atoms with van der Waals surface area (Å²) in [6.07, 6.45) is 5.83. The zero-order chi connectivity index (χ0) is 27.3. The number of hydrogen-bond acceptors (Lipinski definition) is 5. The smallest absolute Gasteiger partial charge is 0.408 e. The number of carbonyl (C=O) groups excluding carboxylic acids is 3. The molecule has 204 valence electrons. The number of unbranched alkanes of at least 4 members (excludes halogenated alkanes) is 4. The van der Waals surface area contributed by atoms with Crippen LogP contribution >= 0.6 is 0 Å². The van der Waals surface area contributed by atoms with E-state index in [2.05, 4.69) is 17.6 Å². The Morgan fingerprint density at radius 3 is 2.19 bits per heavy atom. The predicted molar refractivity (Wildman–Crippen MR) is 143 cm³/mol. The molecule has 0 aliphatic heterocycles. The van der Waals surface area contributed by atoms with E-state index in [0.717, 1.165) is 38.5 Å². The molecule has 0 aliphatic carbocycles. The van der Waals surface area contributed by atoms with E-state index in [1.807, 2.05) is 13.8 Å². The summed E-state index contributed by atoms with van der Waals surface area (Å²) in [6, 6.07) is 4.53. The summed E-state index contributed by atoms with van der Waals surface area (Å²) in [7, 11) is 0. The second kappa shape index (κ2) is 15.4. The van der Waals surface area contributed by atoms with E-state index in [4.69, 9.17) is 4.74 Å². The highest BCUT2D eigenvalue weighted by molar-refractivity contribution is 5.92. The zero-order valence-electron chi connectivity index (χ0n) is 23.2. The molecule has 0 bridgehead atoms. The van der Waals surface area contributed by atoms with Crippen molar-refractivity contribution >= 4 is 17.9 Å². The summed E-state index contributed by atoms with van der Waals surface area (Å²) in [5.74, 6) is -0.830. The van der Waals surface area contributed by atoms with Gasteiger partial charge in [-0.15, -0.1) is 0 Å². The molecule has 1 rings (SSSR count). The van der Waals surface area contributed by atoms with E-state index >= 15 is 0 Å². The van der Waals surface area contributed by atoms with E-state index in [1.54, 1.807) is 45.9 Å². The molecule has 0 spiro atoms. The molecular formula is C28H47N3O5. The van der Waals surface area contributed by atoms with Crippen molar-refractivity contribution in [2.24, 2.45) is 0 Å². The molecule has 1 aromatic carbocycles. The number of phenolic OH excluding ortho intramolecular Hbond substituents is 1. The lowest BCUT2D eigenvalue weighted by atomic mass is 10.0. The number of alkyl carbamates (subject to hydrolysis) is 1. The Bertz CT molecular complexity index is 837. The number of nitrogens with one attached hydrogen (secondary N) is 2. The van der Waals surface area contributed by atoms with Crippen molar-refractivity contribution in [3.8, 4) is 5.75 Å². The van der Waals surface area contributed by atoms with E-state index in [0.29, 0.717) is 18.5 Å². The first-order valence-electron chi connectivity index (χ1n) is 13.3. The molecule has 0 radical (unpaired) electrons. The van der Waals surface area contributed by atoms with Gasteiger partial charge in [-0.25, -0.2) is 4.79 Å². The molecule has 3 atom stereocenters. The highest BCUT2D eigenvalue weighted by Crippen LogP contribution is 2.30. The average Bonchev–Trinajstić information content (AvgIpc) is 2.77. The van der Waals surface area contributed by atoms with Crippen LogP contribution in [0, 0.1) is 0 Å². The highest BCUT2D eigenvalue weighted by Gasteiger charge is 2.36. The van der Waals surface area contributed by atoms with Crippen molar-refractivity contribution in [1.82, 2.24) is 15.5 Å². The summed E-state index contributed by atoms with van der Waals surface area (Å²) in [4.78, 5) is 41.1. The van der Waals surface area contributed by atoms with Crippen LogP contribution in [-0.2, 0) is 14.3 Å². The molecule has 3 unspecified atom stereocenters. The number of aromatic hydroxyl groups is 1. The maximum atomic E-state index is 13.7. The Kier molecular flexibility index (Phi) is 13.3. The number of ether oxygens (including phenoxy) is 1. The summed E-state index contributed by atoms with van der Waals surface area (Å²) < 4.78 is 5.31. The zero-order valence-corrected chi connectivity index (χ0v) is 23.2. The number of phenols is 1. The minimum Gasteiger partial charge on any atom is -0.508 e. The molecule has 3 N–H and O–H groups in total. The molecule has 3 amide bonds. The van der Waals surface area contributed by atoms with E-state index in [1.165, 1.54) is 11.0 Å². The molecule has 0 saturated heterocycles. The van der Waals surface area contributed by atoms with Crippen molar-refractivity contribution in [2.45, 2.75) is 117 Å². The van der Waals surface area contributed by atoms with Gasteiger partial charge in [-0.2, -0.15) is 0 Å². The molecule has 0 saturated carbocycles. The van der Waals surface area contributed by atoms with Crippen molar-refractivity contribution in [3.05, 3.63) is 29.8 Å². The second-order valence-electron chi connectivity index (χ2n) is 10.5. The number of rotatable bonds is 14. The Morgan fingerprint density at radius 2 is 1.61 bits per heavy atom. The van der Waals surface area contributed by atoms with Crippen LogP contribution in [-0.4, -0.2) is 52.1 Å². The minimum absolute atomic E-state index is 0.0580. The van der Waals surface area contributed by atoms with Crippen molar-refractivity contribution < 1.29 is 24.2 Å². The number of benzene rings is 1. The van der Waals surface area contributed by atoms with Gasteiger partial charge >= 0.3 is 6.09 Å². The second-order valence-corrected chi connectivity index (χ2v) is 10.5. The van der Waals surface area contributed by atoms with Crippen LogP contribution in [0.3, 0.4) is 0 Å². The lowest BCUT2D eigenvalue weighted by Crippen LogP contribution is -2.52. The number of hydrogen-bond donors (Lipinski definition) is 3. The van der Waals surface area contributed by atoms with Crippen molar-refractivity contribution in [3.63, 3.8) is 0 Å². The van der Waals surface area contributed by atoms with Gasteiger partial charge < -0.3 is 25.4 Å². The molecule has 8 heteroatoms. The van der Waals surface area contributed by atoms with Gasteiger partial charge in [0.1, 0.15) is 23.4 Å². The van der Waals surface area contributed by atoms with E-state index in [9.17, 15) is 19.5 Å². The summed E-state index contributed by atoms with van der Waals surface area (Å²) in [5.41, 5.74) is -0.357. The van der Waals surface area contributed by atoms with Gasteiger partial charge in [0.05, 0.1) is 0 Å². The van der Waals surface area contributed by atoms with Crippen LogP contribution in [0.4, 0.5) is 4.79 Å². The lowest BCUT2D eigenvalue weighted by molar-refractivity contribution is -0.142. The van der Waals surface area contributed by atoms with Crippen molar-refractivity contribution in [2.75, 3.05) is 6.54 Å². The molecule has 0 fully saturated rings. The molecule has 36 heavy (non-hydrogen) atoms. The first kappa shape index (κ1) is 31.3. The Morgan fingerprint density at radius 1 is 0.972 bits per heavy atom. The maximum Gasteiger partial charge on any atom is 0.408 e. The van der Waals surface area contributed by atoms with Crippen LogP contribution in [0.25, 0.3) is 0 Å². The monoisotopic (exact) mass is 505 g/mol. The van der Waals surface area contributed by atoms with Crippen molar-refractivity contribution in [1.29, 1.82) is 0 Å². The van der Waals surface area contributed by atoms with Crippen LogP contribution < -0.4 is 10.6 Å². The molecule has 0 aliphatic rings. The van der Waals surface area contributed by atoms with Gasteiger partial charge in [0, 0.05) is 18.2 Å². The lowest BCUT2D eigenvalue weighted by Gasteiger charge is -2.34. The number of para-hydroxylation sites is 1. The maximum absolute atomic E-state index is 13.7. The molecule has 0 aromatic heterocycles. The Labute approximate surface area is 217 Å². The van der Waals surface area contributed by atoms with Gasteiger partial charge in [-0.3, -0.25) is 9.59 Å². The van der Waals surface area contributed by atoms with Gasteiger partial charge in [0.25, 0.3) is 0 Å². The SMILES string of the molecule is CCCCCCCN(C(=O)C(C)NC(=O)OC(C)(C)C)C(C(=O)NC(C)CCC)c1ccccc1O. The third-order valence-corrected chi connectivity index (χ3v) is 5.79. The number of amides is 3. The summed E-state index contributed by atoms with van der Waals surface area (Å²) in [6.45, 7) is 13.2. The number of nitrogens with zero attached hydrogens (tertiary/aromatic N) is 1. The quantitative estimate of drug-likeness (QED) is 0.291. The fourth-order valence-corrected chi connectivity index (χ4v) is 4.04. The third-order valence-electron chi connectivity index (χ3n) is 5.79. The number of carbonyl (C=O) groups is 3. The molecule has 8 nitrogen and oxygen atoms in total. The molecule has 1 aromatic rings. The van der Waals surface area contributed by atoms with Crippen LogP contribution in [0.2, 0.25) is 0 Å². The topological polar surface area (TPSA) is 108 Å². The average molecular weight is 506 g/mol. The first-order chi connectivity index (χ1) is 16.9. The highest BCUT2D eigenvalue weighted by atomic mass is 16.6. The van der Waals surface area contributed by atoms with Gasteiger partial charge in [0.2, 0.25) is 11.8 Å². The third kappa shape index (κ3) is 10.9. The van der Waals surface area contributed by atoms with Crippen LogP contribution in [0.15, 0.2) is 24.3 Å². The van der Waals surface area contributed by atoms with E-state index < -0.39 is 29.7 Å². The fraction of sp³-hybridized carbons (Fsp3) is 0.679. The Hall–Kier alpha value is -2.77. The molecule has 0 heterocycles. The van der Waals surface area contributed by atoms with Gasteiger partial charge in [-0.05, 0) is 53.5 Å². The van der Waals surface area contributed by atoms with E-state index in [-0.39, 0.29) is 17.7 Å². The predicted octanol–water partition coefficient (Wildman–Crippen LogP) is 5.45. The normalized spacial score (nSPS) is 13.9. The summed E-state index contributed by atoms with van der Waals surface area (Å²) in [5, 5.41) is 16.3. The summed E-state index contributed by atoms with van der Waals surface area (Å²) >= 11 is 0. The standard InChI is InChI=1S/C28H47N3O5/c1-8-10-11-12-15-19-31(26(34)21(4)30-27(35)36-28(5,6)7)24(22-17-13-14-18-23(22)32)25(33)29-20(3)16-9-2/h13-14,17-18,20-21,24,32H,8-12,15-16,19H2,1-7H3,(H,29,33)(H,30,35). The minimum atomic E-state index is -1.04. The van der Waals surface area contributed by atoms with Gasteiger partial charge in [0.15, 0.2) is 0 Å². The largest absolute Gasteiger partial charge is 0.508 e. The Balaban J connectivity index is 3.31. The van der Waals surface area contributed by atoms with Crippen LogP contribution in [0.5, 0.6) is 5.75 Å². The van der Waals surface area contributed by atoms with Gasteiger partial charge in [-0.1, -0.05) is 64.2 Å². The first-order valence-corrected chi connectivity index (χ1v) is 13.3. The molecular weight excluding hydrogens is 458 g/mol. The van der Waals surface area contributed by atoms with Crippen LogP contribution in [0.1, 0.15) is 105 Å². The fourth-order valence-electron chi connectivity index (χ4n) is 4.04.